The predicted molar refractivity (Wildman–Crippen MR) is 67.4 cm³/mol. The van der Waals surface area contributed by atoms with Crippen LogP contribution in [0.4, 0.5) is 4.39 Å². The van der Waals surface area contributed by atoms with E-state index in [1.54, 1.807) is 12.1 Å². The summed E-state index contributed by atoms with van der Waals surface area (Å²) in [5.74, 6) is 0.245. The highest BCUT2D eigenvalue weighted by Crippen LogP contribution is 2.20. The third kappa shape index (κ3) is 3.46. The molecule has 1 rings (SSSR count). The zero-order valence-electron chi connectivity index (χ0n) is 10.1. The van der Waals surface area contributed by atoms with Crippen molar-refractivity contribution in [2.75, 3.05) is 7.05 Å². The lowest BCUT2D eigenvalue weighted by molar-refractivity contribution is 0.376. The van der Waals surface area contributed by atoms with Crippen LogP contribution in [0.15, 0.2) is 18.2 Å². The molecule has 3 heteroatoms. The smallest absolute Gasteiger partial charge is 0.127 e. The minimum absolute atomic E-state index is 0.200. The molecule has 16 heavy (non-hydrogen) atoms. The maximum atomic E-state index is 13.6. The minimum atomic E-state index is -0.200. The first-order valence-corrected chi connectivity index (χ1v) is 6.07. The fourth-order valence-electron chi connectivity index (χ4n) is 1.88. The molecule has 2 atom stereocenters. The van der Waals surface area contributed by atoms with Gasteiger partial charge in [-0.25, -0.2) is 4.39 Å². The second kappa shape index (κ2) is 6.21. The molecule has 0 aliphatic heterocycles. The predicted octanol–water partition coefficient (Wildman–Crippen LogP) is 3.66. The summed E-state index contributed by atoms with van der Waals surface area (Å²) in [5.41, 5.74) is 0.748. The van der Waals surface area contributed by atoms with Crippen molar-refractivity contribution in [2.24, 2.45) is 5.92 Å². The zero-order valence-corrected chi connectivity index (χ0v) is 10.8. The number of hydrogen-bond donors (Lipinski definition) is 1. The molecule has 0 amide bonds. The van der Waals surface area contributed by atoms with Crippen LogP contribution in [0.2, 0.25) is 5.02 Å². The molecule has 0 saturated carbocycles. The zero-order chi connectivity index (χ0) is 12.1. The second-order valence-corrected chi connectivity index (χ2v) is 4.62. The Hall–Kier alpha value is -0.600. The molecule has 90 valence electrons. The van der Waals surface area contributed by atoms with Crippen LogP contribution in [-0.2, 0) is 6.42 Å². The van der Waals surface area contributed by atoms with Crippen LogP contribution in [0, 0.1) is 11.7 Å². The van der Waals surface area contributed by atoms with E-state index in [-0.39, 0.29) is 5.82 Å². The molecular formula is C13H19ClFN. The maximum Gasteiger partial charge on any atom is 0.127 e. The molecule has 0 heterocycles. The molecule has 0 bridgehead atoms. The molecule has 0 aliphatic rings. The summed E-state index contributed by atoms with van der Waals surface area (Å²) >= 11 is 5.72. The lowest BCUT2D eigenvalue weighted by Crippen LogP contribution is -2.31. The average Bonchev–Trinajstić information content (AvgIpc) is 2.27. The molecule has 2 unspecified atom stereocenters. The van der Waals surface area contributed by atoms with E-state index in [0.29, 0.717) is 17.0 Å². The summed E-state index contributed by atoms with van der Waals surface area (Å²) in [6, 6.07) is 5.30. The van der Waals surface area contributed by atoms with Gasteiger partial charge in [-0.05, 0) is 44.0 Å². The normalized spacial score (nSPS) is 14.8. The van der Waals surface area contributed by atoms with Gasteiger partial charge in [-0.2, -0.15) is 0 Å². The minimum Gasteiger partial charge on any atom is -0.317 e. The van der Waals surface area contributed by atoms with Crippen LogP contribution >= 0.6 is 11.6 Å². The Labute approximate surface area is 102 Å². The maximum absolute atomic E-state index is 13.6. The van der Waals surface area contributed by atoms with Gasteiger partial charge < -0.3 is 5.32 Å². The van der Waals surface area contributed by atoms with E-state index >= 15 is 0 Å². The van der Waals surface area contributed by atoms with Crippen molar-refractivity contribution in [3.63, 3.8) is 0 Å². The Morgan fingerprint density at radius 2 is 2.12 bits per heavy atom. The Morgan fingerprint density at radius 1 is 1.44 bits per heavy atom. The van der Waals surface area contributed by atoms with Gasteiger partial charge in [0.25, 0.3) is 0 Å². The third-order valence-corrected chi connectivity index (χ3v) is 3.42. The number of rotatable bonds is 5. The third-order valence-electron chi connectivity index (χ3n) is 3.18. The van der Waals surface area contributed by atoms with Crippen molar-refractivity contribution in [2.45, 2.75) is 32.7 Å². The standard InChI is InChI=1S/C13H19ClFN/c1-4-10(9(2)16-3)7-11-5-6-12(14)8-13(11)15/h5-6,8-10,16H,4,7H2,1-3H3. The van der Waals surface area contributed by atoms with Crippen molar-refractivity contribution >= 4 is 11.6 Å². The lowest BCUT2D eigenvalue weighted by atomic mass is 9.91. The fraction of sp³-hybridized carbons (Fsp3) is 0.538. The quantitative estimate of drug-likeness (QED) is 0.832. The van der Waals surface area contributed by atoms with Gasteiger partial charge in [0.05, 0.1) is 0 Å². The first-order chi connectivity index (χ1) is 7.58. The Kier molecular flexibility index (Phi) is 5.23. The number of benzene rings is 1. The van der Waals surface area contributed by atoms with E-state index in [1.807, 2.05) is 7.05 Å². The molecule has 0 fully saturated rings. The van der Waals surface area contributed by atoms with E-state index in [0.717, 1.165) is 18.4 Å². The van der Waals surface area contributed by atoms with Gasteiger partial charge >= 0.3 is 0 Å². The van der Waals surface area contributed by atoms with Crippen LogP contribution in [0.5, 0.6) is 0 Å². The molecule has 1 nitrogen and oxygen atoms in total. The molecular weight excluding hydrogens is 225 g/mol. The molecule has 0 aliphatic carbocycles. The van der Waals surface area contributed by atoms with Gasteiger partial charge in [-0.3, -0.25) is 0 Å². The van der Waals surface area contributed by atoms with E-state index in [2.05, 4.69) is 19.2 Å². The van der Waals surface area contributed by atoms with Crippen LogP contribution in [0.1, 0.15) is 25.8 Å². The largest absolute Gasteiger partial charge is 0.317 e. The van der Waals surface area contributed by atoms with Crippen LogP contribution in [-0.4, -0.2) is 13.1 Å². The van der Waals surface area contributed by atoms with Gasteiger partial charge in [0.15, 0.2) is 0 Å². The number of hydrogen-bond acceptors (Lipinski definition) is 1. The van der Waals surface area contributed by atoms with Gasteiger partial charge in [0.2, 0.25) is 0 Å². The lowest BCUT2D eigenvalue weighted by Gasteiger charge is -2.22. The second-order valence-electron chi connectivity index (χ2n) is 4.19. The van der Waals surface area contributed by atoms with Crippen LogP contribution in [0.3, 0.4) is 0 Å². The molecule has 0 spiro atoms. The van der Waals surface area contributed by atoms with E-state index in [4.69, 9.17) is 11.6 Å². The van der Waals surface area contributed by atoms with Gasteiger partial charge in [-0.1, -0.05) is 31.0 Å². The van der Waals surface area contributed by atoms with E-state index in [1.165, 1.54) is 6.07 Å². The summed E-state index contributed by atoms with van der Waals surface area (Å²) in [6.45, 7) is 4.26. The highest BCUT2D eigenvalue weighted by atomic mass is 35.5. The van der Waals surface area contributed by atoms with Crippen LogP contribution in [0.25, 0.3) is 0 Å². The fourth-order valence-corrected chi connectivity index (χ4v) is 2.04. The number of nitrogens with one attached hydrogen (secondary N) is 1. The number of halogens is 2. The van der Waals surface area contributed by atoms with Crippen molar-refractivity contribution < 1.29 is 4.39 Å². The molecule has 0 radical (unpaired) electrons. The van der Waals surface area contributed by atoms with Gasteiger partial charge in [0.1, 0.15) is 5.82 Å². The summed E-state index contributed by atoms with van der Waals surface area (Å²) in [4.78, 5) is 0. The molecule has 0 aromatic heterocycles. The summed E-state index contributed by atoms with van der Waals surface area (Å²) in [5, 5.41) is 3.67. The average molecular weight is 244 g/mol. The van der Waals surface area contributed by atoms with Crippen LogP contribution < -0.4 is 5.32 Å². The summed E-state index contributed by atoms with van der Waals surface area (Å²) in [7, 11) is 1.94. The van der Waals surface area contributed by atoms with Gasteiger partial charge in [-0.15, -0.1) is 0 Å². The molecule has 1 aromatic rings. The SMILES string of the molecule is CCC(Cc1ccc(Cl)cc1F)C(C)NC. The Balaban J connectivity index is 2.78. The molecule has 1 N–H and O–H groups in total. The van der Waals surface area contributed by atoms with Crippen molar-refractivity contribution in [3.05, 3.63) is 34.6 Å². The van der Waals surface area contributed by atoms with Crippen molar-refractivity contribution in [3.8, 4) is 0 Å². The topological polar surface area (TPSA) is 12.0 Å². The molecule has 1 aromatic carbocycles. The highest BCUT2D eigenvalue weighted by molar-refractivity contribution is 6.30. The first kappa shape index (κ1) is 13.5. The van der Waals surface area contributed by atoms with Crippen molar-refractivity contribution in [1.82, 2.24) is 5.32 Å². The molecule has 0 saturated heterocycles. The first-order valence-electron chi connectivity index (χ1n) is 5.69. The van der Waals surface area contributed by atoms with Gasteiger partial charge in [0, 0.05) is 11.1 Å². The Morgan fingerprint density at radius 3 is 2.62 bits per heavy atom. The Bertz CT molecular complexity index is 341. The van der Waals surface area contributed by atoms with E-state index < -0.39 is 0 Å². The van der Waals surface area contributed by atoms with Crippen molar-refractivity contribution in [1.29, 1.82) is 0 Å². The monoisotopic (exact) mass is 243 g/mol. The summed E-state index contributed by atoms with van der Waals surface area (Å²) < 4.78 is 13.6. The summed E-state index contributed by atoms with van der Waals surface area (Å²) in [6.07, 6.45) is 1.78. The highest BCUT2D eigenvalue weighted by Gasteiger charge is 2.16. The van der Waals surface area contributed by atoms with E-state index in [9.17, 15) is 4.39 Å².